The molecule has 0 amide bonds. The molecule has 1 aliphatic carbocycles. The zero-order chi connectivity index (χ0) is 9.26. The van der Waals surface area contributed by atoms with Gasteiger partial charge in [0, 0.05) is 5.38 Å². The molecule has 1 aromatic rings. The third kappa shape index (κ3) is 1.91. The molecule has 72 valence electrons. The highest BCUT2D eigenvalue weighted by molar-refractivity contribution is 6.20. The molecule has 1 heterocycles. The lowest BCUT2D eigenvalue weighted by Crippen LogP contribution is -2.13. The van der Waals surface area contributed by atoms with Crippen molar-refractivity contribution in [3.8, 4) is 0 Å². The van der Waals surface area contributed by atoms with Gasteiger partial charge >= 0.3 is 0 Å². The van der Waals surface area contributed by atoms with Crippen LogP contribution in [0.4, 0.5) is 0 Å². The van der Waals surface area contributed by atoms with Gasteiger partial charge in [-0.3, -0.25) is 0 Å². The molecule has 2 atom stereocenters. The van der Waals surface area contributed by atoms with E-state index in [2.05, 4.69) is 6.92 Å². The van der Waals surface area contributed by atoms with Crippen molar-refractivity contribution in [2.75, 3.05) is 0 Å². The van der Waals surface area contributed by atoms with Gasteiger partial charge in [-0.2, -0.15) is 0 Å². The Kier molecular flexibility index (Phi) is 2.63. The van der Waals surface area contributed by atoms with Gasteiger partial charge in [0.25, 0.3) is 0 Å². The van der Waals surface area contributed by atoms with Crippen molar-refractivity contribution in [2.24, 2.45) is 0 Å². The Balaban J connectivity index is 2.12. The molecule has 13 heavy (non-hydrogen) atoms. The lowest BCUT2D eigenvalue weighted by molar-refractivity contribution is 0.444. The molecule has 1 nitrogen and oxygen atoms in total. The van der Waals surface area contributed by atoms with Crippen LogP contribution in [0, 0.1) is 6.92 Å². The third-order valence-corrected chi connectivity index (χ3v) is 3.34. The highest BCUT2D eigenvalue weighted by Gasteiger charge is 2.23. The van der Waals surface area contributed by atoms with Gasteiger partial charge in [-0.15, -0.1) is 11.6 Å². The summed E-state index contributed by atoms with van der Waals surface area (Å²) in [6.07, 6.45) is 8.52. The maximum absolute atomic E-state index is 6.15. The number of hydrogen-bond acceptors (Lipinski definition) is 1. The fourth-order valence-corrected chi connectivity index (χ4v) is 2.57. The maximum atomic E-state index is 6.15. The Morgan fingerprint density at radius 1 is 1.38 bits per heavy atom. The summed E-state index contributed by atoms with van der Waals surface area (Å²) in [5, 5.41) is 0.369. The first-order valence-electron chi connectivity index (χ1n) is 4.94. The molecule has 0 aromatic carbocycles. The Morgan fingerprint density at radius 2 is 2.23 bits per heavy atom. The SMILES string of the molecule is Cc1cocc1C1CCCC(Cl)C1. The van der Waals surface area contributed by atoms with E-state index in [0.29, 0.717) is 11.3 Å². The quantitative estimate of drug-likeness (QED) is 0.625. The van der Waals surface area contributed by atoms with E-state index in [1.807, 2.05) is 12.5 Å². The molecule has 0 radical (unpaired) electrons. The van der Waals surface area contributed by atoms with E-state index in [1.165, 1.54) is 30.4 Å². The van der Waals surface area contributed by atoms with Crippen LogP contribution in [0.5, 0.6) is 0 Å². The van der Waals surface area contributed by atoms with Crippen molar-refractivity contribution in [3.05, 3.63) is 23.7 Å². The average Bonchev–Trinajstić information content (AvgIpc) is 2.51. The monoisotopic (exact) mass is 198 g/mol. The number of rotatable bonds is 1. The molecular weight excluding hydrogens is 184 g/mol. The van der Waals surface area contributed by atoms with Crippen LogP contribution in [0.15, 0.2) is 16.9 Å². The van der Waals surface area contributed by atoms with E-state index < -0.39 is 0 Å². The second-order valence-electron chi connectivity index (χ2n) is 3.97. The first-order valence-corrected chi connectivity index (χ1v) is 5.38. The van der Waals surface area contributed by atoms with Gasteiger partial charge in [-0.25, -0.2) is 0 Å². The minimum absolute atomic E-state index is 0.369. The van der Waals surface area contributed by atoms with Crippen LogP contribution in [0.25, 0.3) is 0 Å². The summed E-state index contributed by atoms with van der Waals surface area (Å²) in [4.78, 5) is 0. The Hall–Kier alpha value is -0.430. The van der Waals surface area contributed by atoms with Crippen LogP contribution in [0.2, 0.25) is 0 Å². The van der Waals surface area contributed by atoms with E-state index in [9.17, 15) is 0 Å². The van der Waals surface area contributed by atoms with Gasteiger partial charge in [-0.05, 0) is 43.2 Å². The Bertz CT molecular complexity index is 279. The smallest absolute Gasteiger partial charge is 0.0940 e. The van der Waals surface area contributed by atoms with Gasteiger partial charge in [0.1, 0.15) is 0 Å². The zero-order valence-electron chi connectivity index (χ0n) is 7.92. The molecule has 1 aromatic heterocycles. The maximum Gasteiger partial charge on any atom is 0.0940 e. The highest BCUT2D eigenvalue weighted by atomic mass is 35.5. The van der Waals surface area contributed by atoms with Crippen molar-refractivity contribution >= 4 is 11.6 Å². The van der Waals surface area contributed by atoms with Crippen LogP contribution >= 0.6 is 11.6 Å². The van der Waals surface area contributed by atoms with Crippen LogP contribution in [0.3, 0.4) is 0 Å². The largest absolute Gasteiger partial charge is 0.472 e. The van der Waals surface area contributed by atoms with E-state index in [0.717, 1.165) is 6.42 Å². The lowest BCUT2D eigenvalue weighted by Gasteiger charge is -2.24. The number of hydrogen-bond donors (Lipinski definition) is 0. The molecule has 2 unspecified atom stereocenters. The molecule has 1 fully saturated rings. The van der Waals surface area contributed by atoms with Crippen molar-refractivity contribution in [2.45, 2.75) is 43.9 Å². The predicted octanol–water partition coefficient (Wildman–Crippen LogP) is 3.85. The molecule has 0 saturated heterocycles. The molecule has 0 spiro atoms. The van der Waals surface area contributed by atoms with Crippen molar-refractivity contribution < 1.29 is 4.42 Å². The van der Waals surface area contributed by atoms with Crippen LogP contribution < -0.4 is 0 Å². The highest BCUT2D eigenvalue weighted by Crippen LogP contribution is 2.36. The summed E-state index contributed by atoms with van der Waals surface area (Å²) in [6.45, 7) is 2.11. The normalized spacial score (nSPS) is 29.1. The standard InChI is InChI=1S/C11H15ClO/c1-8-6-13-7-11(8)9-3-2-4-10(12)5-9/h6-7,9-10H,2-5H2,1H3. The zero-order valence-corrected chi connectivity index (χ0v) is 8.68. The molecule has 1 aliphatic rings. The first kappa shape index (κ1) is 9.14. The Morgan fingerprint density at radius 3 is 2.85 bits per heavy atom. The fraction of sp³-hybridized carbons (Fsp3) is 0.636. The summed E-state index contributed by atoms with van der Waals surface area (Å²) in [5.41, 5.74) is 2.64. The van der Waals surface area contributed by atoms with Crippen molar-refractivity contribution in [1.29, 1.82) is 0 Å². The van der Waals surface area contributed by atoms with Crippen LogP contribution in [0.1, 0.15) is 42.7 Å². The number of alkyl halides is 1. The van der Waals surface area contributed by atoms with E-state index in [-0.39, 0.29) is 0 Å². The number of furan rings is 1. The van der Waals surface area contributed by atoms with Gasteiger partial charge in [0.15, 0.2) is 0 Å². The summed E-state index contributed by atoms with van der Waals surface area (Å²) in [7, 11) is 0. The van der Waals surface area contributed by atoms with E-state index in [4.69, 9.17) is 16.0 Å². The van der Waals surface area contributed by atoms with E-state index in [1.54, 1.807) is 0 Å². The third-order valence-electron chi connectivity index (χ3n) is 2.95. The van der Waals surface area contributed by atoms with Gasteiger partial charge in [0.2, 0.25) is 0 Å². The molecule has 0 N–H and O–H groups in total. The van der Waals surface area contributed by atoms with Crippen molar-refractivity contribution in [3.63, 3.8) is 0 Å². The topological polar surface area (TPSA) is 13.1 Å². The van der Waals surface area contributed by atoms with Crippen molar-refractivity contribution in [1.82, 2.24) is 0 Å². The van der Waals surface area contributed by atoms with Crippen LogP contribution in [-0.4, -0.2) is 5.38 Å². The molecule has 0 bridgehead atoms. The lowest BCUT2D eigenvalue weighted by atomic mass is 9.84. The molecule has 2 heteroatoms. The average molecular weight is 199 g/mol. The second-order valence-corrected chi connectivity index (χ2v) is 4.59. The molecule has 1 saturated carbocycles. The Labute approximate surface area is 84.1 Å². The summed E-state index contributed by atoms with van der Waals surface area (Å²) < 4.78 is 5.19. The van der Waals surface area contributed by atoms with E-state index >= 15 is 0 Å². The van der Waals surface area contributed by atoms with Gasteiger partial charge < -0.3 is 4.42 Å². The molecular formula is C11H15ClO. The van der Waals surface area contributed by atoms with Crippen LogP contribution in [-0.2, 0) is 0 Å². The summed E-state index contributed by atoms with van der Waals surface area (Å²) in [5.74, 6) is 0.634. The van der Waals surface area contributed by atoms with Gasteiger partial charge in [-0.1, -0.05) is 6.42 Å². The number of aryl methyl sites for hydroxylation is 1. The number of halogens is 1. The fourth-order valence-electron chi connectivity index (χ4n) is 2.20. The summed E-state index contributed by atoms with van der Waals surface area (Å²) >= 11 is 6.15. The summed E-state index contributed by atoms with van der Waals surface area (Å²) in [6, 6.07) is 0. The predicted molar refractivity (Wildman–Crippen MR) is 54.3 cm³/mol. The first-order chi connectivity index (χ1) is 6.27. The second kappa shape index (κ2) is 3.75. The molecule has 0 aliphatic heterocycles. The van der Waals surface area contributed by atoms with Gasteiger partial charge in [0.05, 0.1) is 12.5 Å². The minimum Gasteiger partial charge on any atom is -0.472 e. The molecule has 2 rings (SSSR count). The minimum atomic E-state index is 0.369.